The maximum atomic E-state index is 13.7. The van der Waals surface area contributed by atoms with E-state index in [4.69, 9.17) is 15.2 Å². The number of ether oxygens (including phenoxy) is 2. The molecule has 8 heteroatoms. The molecule has 5 aliphatic rings. The Labute approximate surface area is 244 Å². The Bertz CT molecular complexity index is 1480. The van der Waals surface area contributed by atoms with Crippen LogP contribution in [0.25, 0.3) is 0 Å². The fourth-order valence-corrected chi connectivity index (χ4v) is 10.3. The monoisotopic (exact) mass is 575 g/mol. The number of nitrogens with two attached hydrogens (primary N) is 1. The third-order valence-electron chi connectivity index (χ3n) is 11.0. The lowest BCUT2D eigenvalue weighted by molar-refractivity contribution is -0.200. The minimum atomic E-state index is -1.34. The van der Waals surface area contributed by atoms with E-state index in [1.807, 2.05) is 36.4 Å². The van der Waals surface area contributed by atoms with Crippen LogP contribution >= 0.6 is 11.3 Å². The van der Waals surface area contributed by atoms with E-state index in [2.05, 4.69) is 19.9 Å². The van der Waals surface area contributed by atoms with Crippen molar-refractivity contribution in [2.24, 2.45) is 28.6 Å². The van der Waals surface area contributed by atoms with Gasteiger partial charge in [-0.05, 0) is 79.5 Å². The fraction of sp³-hybridized carbons (Fsp3) is 0.515. The first-order chi connectivity index (χ1) is 19.6. The number of hydrogen-bond acceptors (Lipinski definition) is 8. The first kappa shape index (κ1) is 27.2. The third-order valence-corrected chi connectivity index (χ3v) is 12.1. The molecule has 0 unspecified atom stereocenters. The van der Waals surface area contributed by atoms with Crippen LogP contribution in [0.2, 0.25) is 0 Å². The topological polar surface area (TPSA) is 119 Å². The number of aliphatic hydroxyl groups excluding tert-OH is 2. The number of thiophene rings is 1. The molecule has 1 aliphatic heterocycles. The van der Waals surface area contributed by atoms with Crippen LogP contribution in [0.4, 0.5) is 5.69 Å². The molecule has 7 rings (SSSR count). The quantitative estimate of drug-likeness (QED) is 0.449. The zero-order chi connectivity index (χ0) is 28.7. The van der Waals surface area contributed by atoms with Gasteiger partial charge >= 0.3 is 0 Å². The summed E-state index contributed by atoms with van der Waals surface area (Å²) >= 11 is 1.59. The van der Waals surface area contributed by atoms with Gasteiger partial charge in [0.05, 0.1) is 17.1 Å². The molecule has 3 saturated carbocycles. The van der Waals surface area contributed by atoms with Gasteiger partial charge in [0, 0.05) is 33.7 Å². The van der Waals surface area contributed by atoms with Gasteiger partial charge in [-0.25, -0.2) is 0 Å². The maximum Gasteiger partial charge on any atom is 0.194 e. The van der Waals surface area contributed by atoms with Crippen molar-refractivity contribution in [3.8, 4) is 0 Å². The van der Waals surface area contributed by atoms with Gasteiger partial charge in [0.15, 0.2) is 23.5 Å². The predicted octanol–water partition coefficient (Wildman–Crippen LogP) is 4.52. The summed E-state index contributed by atoms with van der Waals surface area (Å²) in [4.78, 5) is 27.9. The molecule has 2 heterocycles. The number of nitrogen functional groups attached to an aromatic ring is 1. The molecule has 41 heavy (non-hydrogen) atoms. The van der Waals surface area contributed by atoms with Crippen molar-refractivity contribution in [2.45, 2.75) is 70.1 Å². The largest absolute Gasteiger partial charge is 0.399 e. The molecule has 0 spiro atoms. The summed E-state index contributed by atoms with van der Waals surface area (Å²) in [5.74, 6) is -0.221. The molecular weight excluding hydrogens is 538 g/mol. The predicted molar refractivity (Wildman–Crippen MR) is 155 cm³/mol. The Hall–Kier alpha value is -2.62. The van der Waals surface area contributed by atoms with Crippen LogP contribution in [0, 0.1) is 28.6 Å². The lowest BCUT2D eigenvalue weighted by Gasteiger charge is -2.59. The molecule has 4 aliphatic carbocycles. The SMILES string of the molecule is C[C@]12C=CC(=O)C=C1CC[C@@H]1[C@@H]2[C@@H](O)C[C@@]2(C)[C@H]1C[C@H]1O[C@H](c3ccc(Cc4cccc(N)c4)s3)O[C@]12C(=O)CO. The van der Waals surface area contributed by atoms with Gasteiger partial charge in [-0.15, -0.1) is 11.3 Å². The maximum absolute atomic E-state index is 13.7. The van der Waals surface area contributed by atoms with Gasteiger partial charge in [-0.1, -0.05) is 37.6 Å². The van der Waals surface area contributed by atoms with E-state index in [0.29, 0.717) is 12.8 Å². The molecule has 4 N–H and O–H groups in total. The molecule has 1 aromatic heterocycles. The summed E-state index contributed by atoms with van der Waals surface area (Å²) in [6.07, 6.45) is 6.80. The lowest BCUT2D eigenvalue weighted by Crippen LogP contribution is -2.63. The van der Waals surface area contributed by atoms with Gasteiger partial charge in [-0.3, -0.25) is 9.59 Å². The van der Waals surface area contributed by atoms with E-state index in [1.165, 1.54) is 0 Å². The minimum absolute atomic E-state index is 0.00596. The Morgan fingerprint density at radius 2 is 2.05 bits per heavy atom. The second kappa shape index (κ2) is 9.44. The zero-order valence-corrected chi connectivity index (χ0v) is 24.2. The van der Waals surface area contributed by atoms with Crippen LogP contribution in [-0.4, -0.2) is 46.2 Å². The molecule has 9 atom stereocenters. The number of aliphatic hydroxyl groups is 2. The average molecular weight is 576 g/mol. The summed E-state index contributed by atoms with van der Waals surface area (Å²) in [5, 5.41) is 22.0. The van der Waals surface area contributed by atoms with Gasteiger partial charge in [0.1, 0.15) is 6.61 Å². The second-order valence-electron chi connectivity index (χ2n) is 13.1. The molecule has 1 saturated heterocycles. The van der Waals surface area contributed by atoms with Crippen molar-refractivity contribution in [3.05, 3.63) is 75.5 Å². The average Bonchev–Trinajstić information content (AvgIpc) is 3.61. The second-order valence-corrected chi connectivity index (χ2v) is 14.3. The highest BCUT2D eigenvalue weighted by atomic mass is 32.1. The first-order valence-electron chi connectivity index (χ1n) is 14.6. The highest BCUT2D eigenvalue weighted by Gasteiger charge is 2.76. The number of hydrogen-bond donors (Lipinski definition) is 3. The van der Waals surface area contributed by atoms with Crippen LogP contribution in [0.1, 0.15) is 61.1 Å². The van der Waals surface area contributed by atoms with E-state index in [1.54, 1.807) is 23.5 Å². The van der Waals surface area contributed by atoms with Crippen molar-refractivity contribution in [2.75, 3.05) is 12.3 Å². The molecule has 7 nitrogen and oxygen atoms in total. The molecule has 0 amide bonds. The van der Waals surface area contributed by atoms with Crippen LogP contribution in [0.5, 0.6) is 0 Å². The van der Waals surface area contributed by atoms with Crippen molar-refractivity contribution >= 4 is 28.6 Å². The minimum Gasteiger partial charge on any atom is -0.399 e. The molecule has 0 bridgehead atoms. The zero-order valence-electron chi connectivity index (χ0n) is 23.4. The number of carbonyl (C=O) groups is 2. The highest BCUT2D eigenvalue weighted by molar-refractivity contribution is 7.12. The number of allylic oxidation sites excluding steroid dienone is 4. The summed E-state index contributed by atoms with van der Waals surface area (Å²) < 4.78 is 13.3. The van der Waals surface area contributed by atoms with E-state index >= 15 is 0 Å². The number of anilines is 1. The number of benzene rings is 1. The number of fused-ring (bicyclic) bond motifs is 7. The Balaban J connectivity index is 1.19. The van der Waals surface area contributed by atoms with E-state index < -0.39 is 41.5 Å². The number of rotatable bonds is 5. The van der Waals surface area contributed by atoms with Crippen LogP contribution in [-0.2, 0) is 25.5 Å². The van der Waals surface area contributed by atoms with E-state index in [0.717, 1.165) is 45.8 Å². The standard InChI is InChI=1S/C33H37NO6S/c1-31-11-10-21(36)14-19(31)6-8-23-24-15-28-33(27(38)17-35,32(24,2)16-25(37)29(23)31)40-30(39-28)26-9-7-22(41-26)13-18-4-3-5-20(34)12-18/h3-5,7,9-12,14,23-25,28-30,35,37H,6,8,13,15-17,34H2,1-2H3/t23-,24-,25-,28+,29+,30-,31-,32-,33+/m0/s1. The molecule has 2 aromatic rings. The Kier molecular flexibility index (Phi) is 6.27. The fourth-order valence-electron chi connectivity index (χ4n) is 9.33. The van der Waals surface area contributed by atoms with E-state index in [9.17, 15) is 19.8 Å². The smallest absolute Gasteiger partial charge is 0.194 e. The van der Waals surface area contributed by atoms with Crippen LogP contribution < -0.4 is 5.73 Å². The van der Waals surface area contributed by atoms with Crippen LogP contribution in [0.15, 0.2) is 60.2 Å². The van der Waals surface area contributed by atoms with Crippen LogP contribution in [0.3, 0.4) is 0 Å². The van der Waals surface area contributed by atoms with Gasteiger partial charge in [0.25, 0.3) is 0 Å². The molecule has 4 fully saturated rings. The first-order valence-corrected chi connectivity index (χ1v) is 15.4. The van der Waals surface area contributed by atoms with Crippen molar-refractivity contribution < 1.29 is 29.3 Å². The summed E-state index contributed by atoms with van der Waals surface area (Å²) in [6, 6.07) is 11.9. The molecule has 1 aromatic carbocycles. The highest BCUT2D eigenvalue weighted by Crippen LogP contribution is 2.70. The van der Waals surface area contributed by atoms with Gasteiger partial charge < -0.3 is 25.4 Å². The molecule has 216 valence electrons. The molecule has 0 radical (unpaired) electrons. The lowest BCUT2D eigenvalue weighted by atomic mass is 9.46. The number of carbonyl (C=O) groups excluding carboxylic acids is 2. The summed E-state index contributed by atoms with van der Waals surface area (Å²) in [6.45, 7) is 3.56. The van der Waals surface area contributed by atoms with Crippen molar-refractivity contribution in [1.82, 2.24) is 0 Å². The number of Topliss-reactive ketones (excluding diaryl/α,β-unsaturated/α-hetero) is 1. The van der Waals surface area contributed by atoms with Gasteiger partial charge in [-0.2, -0.15) is 0 Å². The van der Waals surface area contributed by atoms with Crippen molar-refractivity contribution in [3.63, 3.8) is 0 Å². The van der Waals surface area contributed by atoms with Crippen molar-refractivity contribution in [1.29, 1.82) is 0 Å². The van der Waals surface area contributed by atoms with E-state index in [-0.39, 0.29) is 29.3 Å². The normalized spacial score (nSPS) is 40.9. The Morgan fingerprint density at radius 3 is 2.83 bits per heavy atom. The third kappa shape index (κ3) is 3.84. The summed E-state index contributed by atoms with van der Waals surface area (Å²) in [7, 11) is 0. The summed E-state index contributed by atoms with van der Waals surface area (Å²) in [5.41, 5.74) is 6.45. The van der Waals surface area contributed by atoms with Gasteiger partial charge in [0.2, 0.25) is 0 Å². The number of ketones is 2. The Morgan fingerprint density at radius 1 is 1.22 bits per heavy atom. The molecular formula is C33H37NO6S.